The molecule has 0 heterocycles. The highest BCUT2D eigenvalue weighted by Crippen LogP contribution is 2.24. The molecule has 1 nitrogen and oxygen atoms in total. The second-order valence-electron chi connectivity index (χ2n) is 2.46. The first-order valence-electron chi connectivity index (χ1n) is 3.22. The van der Waals surface area contributed by atoms with Crippen molar-refractivity contribution >= 4 is 11.6 Å². The van der Waals surface area contributed by atoms with E-state index in [1.54, 1.807) is 0 Å². The molecular formula is C8H8ClN. The fourth-order valence-corrected chi connectivity index (χ4v) is 1.24. The second kappa shape index (κ2) is 2.90. The smallest absolute Gasteiger partial charge is 0.100 e. The van der Waals surface area contributed by atoms with E-state index in [1.807, 2.05) is 18.2 Å². The van der Waals surface area contributed by atoms with Crippen molar-refractivity contribution in [3.05, 3.63) is 22.8 Å². The van der Waals surface area contributed by atoms with Crippen molar-refractivity contribution in [1.82, 2.24) is 0 Å². The maximum atomic E-state index is 8.50. The van der Waals surface area contributed by atoms with Gasteiger partial charge in [0.15, 0.2) is 0 Å². The molecule has 1 unspecified atom stereocenters. The molecule has 0 spiro atoms. The topological polar surface area (TPSA) is 23.8 Å². The van der Waals surface area contributed by atoms with Crippen molar-refractivity contribution in [3.8, 4) is 6.07 Å². The van der Waals surface area contributed by atoms with Crippen LogP contribution in [0.5, 0.6) is 0 Å². The molecule has 0 bridgehead atoms. The average molecular weight is 154 g/mol. The van der Waals surface area contributed by atoms with Crippen LogP contribution in [-0.4, -0.2) is 0 Å². The lowest BCUT2D eigenvalue weighted by atomic mass is 9.99. The van der Waals surface area contributed by atoms with Crippen molar-refractivity contribution in [1.29, 1.82) is 5.26 Å². The normalized spacial score (nSPS) is 24.7. The minimum Gasteiger partial charge on any atom is -0.192 e. The zero-order chi connectivity index (χ0) is 7.56. The van der Waals surface area contributed by atoms with Crippen LogP contribution in [0.25, 0.3) is 0 Å². The molecular weight excluding hydrogens is 146 g/mol. The predicted octanol–water partition coefficient (Wildman–Crippen LogP) is 2.60. The summed E-state index contributed by atoms with van der Waals surface area (Å²) in [6.45, 7) is 2.08. The molecule has 0 saturated carbocycles. The Kier molecular flexibility index (Phi) is 2.13. The van der Waals surface area contributed by atoms with Gasteiger partial charge in [-0.25, -0.2) is 0 Å². The summed E-state index contributed by atoms with van der Waals surface area (Å²) in [5.41, 5.74) is 0.611. The summed E-state index contributed by atoms with van der Waals surface area (Å²) >= 11 is 5.75. The summed E-state index contributed by atoms with van der Waals surface area (Å²) in [7, 11) is 0. The van der Waals surface area contributed by atoms with Crippen LogP contribution >= 0.6 is 11.6 Å². The van der Waals surface area contributed by atoms with Crippen LogP contribution in [0.1, 0.15) is 13.3 Å². The van der Waals surface area contributed by atoms with Gasteiger partial charge in [-0.05, 0) is 12.3 Å². The number of rotatable bonds is 0. The lowest BCUT2D eigenvalue weighted by Gasteiger charge is -2.09. The summed E-state index contributed by atoms with van der Waals surface area (Å²) in [6.07, 6.45) is 4.73. The third-order valence-corrected chi connectivity index (χ3v) is 1.83. The Morgan fingerprint density at radius 2 is 2.50 bits per heavy atom. The van der Waals surface area contributed by atoms with Gasteiger partial charge in [-0.2, -0.15) is 5.26 Å². The summed E-state index contributed by atoms with van der Waals surface area (Å²) in [4.78, 5) is 0. The summed E-state index contributed by atoms with van der Waals surface area (Å²) in [5, 5.41) is 9.10. The van der Waals surface area contributed by atoms with Gasteiger partial charge in [0, 0.05) is 0 Å². The minimum absolute atomic E-state index is 0.476. The zero-order valence-electron chi connectivity index (χ0n) is 5.76. The first-order chi connectivity index (χ1) is 4.74. The number of halogens is 1. The number of hydrogen-bond donors (Lipinski definition) is 0. The summed E-state index contributed by atoms with van der Waals surface area (Å²) < 4.78 is 0. The molecule has 1 aliphatic rings. The fourth-order valence-electron chi connectivity index (χ4n) is 0.908. The number of nitrogens with zero attached hydrogens (tertiary/aromatic N) is 1. The molecule has 0 aromatic heterocycles. The Morgan fingerprint density at radius 1 is 1.80 bits per heavy atom. The van der Waals surface area contributed by atoms with Crippen LogP contribution in [0.3, 0.4) is 0 Å². The van der Waals surface area contributed by atoms with Gasteiger partial charge in [0.1, 0.15) is 6.07 Å². The summed E-state index contributed by atoms with van der Waals surface area (Å²) in [6, 6.07) is 2.04. The highest BCUT2D eigenvalue weighted by molar-refractivity contribution is 6.32. The first-order valence-corrected chi connectivity index (χ1v) is 3.60. The fraction of sp³-hybridized carbons (Fsp3) is 0.375. The molecule has 0 aromatic rings. The lowest BCUT2D eigenvalue weighted by Crippen LogP contribution is -1.96. The standard InChI is InChI=1S/C8H8ClN/c1-6-2-3-7(5-10)8(9)4-6/h3-4,6H,2H2,1H3. The number of allylic oxidation sites excluding steroid dienone is 4. The van der Waals surface area contributed by atoms with E-state index in [2.05, 4.69) is 6.92 Å². The molecule has 2 heteroatoms. The lowest BCUT2D eigenvalue weighted by molar-refractivity contribution is 0.731. The highest BCUT2D eigenvalue weighted by Gasteiger charge is 2.09. The number of nitriles is 1. The molecule has 0 amide bonds. The van der Waals surface area contributed by atoms with E-state index < -0.39 is 0 Å². The average Bonchev–Trinajstić information content (AvgIpc) is 1.88. The van der Waals surface area contributed by atoms with E-state index in [4.69, 9.17) is 16.9 Å². The molecule has 1 rings (SSSR count). The molecule has 0 saturated heterocycles. The van der Waals surface area contributed by atoms with Crippen LogP contribution < -0.4 is 0 Å². The predicted molar refractivity (Wildman–Crippen MR) is 41.4 cm³/mol. The first kappa shape index (κ1) is 7.37. The quantitative estimate of drug-likeness (QED) is 0.525. The van der Waals surface area contributed by atoms with Crippen molar-refractivity contribution in [2.24, 2.45) is 5.92 Å². The Bertz CT molecular complexity index is 232. The van der Waals surface area contributed by atoms with E-state index in [-0.39, 0.29) is 0 Å². The molecule has 0 fully saturated rings. The minimum atomic E-state index is 0.476. The van der Waals surface area contributed by atoms with Gasteiger partial charge < -0.3 is 0 Å². The van der Waals surface area contributed by atoms with Crippen molar-refractivity contribution in [2.45, 2.75) is 13.3 Å². The van der Waals surface area contributed by atoms with E-state index in [0.29, 0.717) is 16.5 Å². The molecule has 1 atom stereocenters. The molecule has 1 aliphatic carbocycles. The van der Waals surface area contributed by atoms with Crippen LogP contribution in [0.4, 0.5) is 0 Å². The Labute approximate surface area is 65.6 Å². The van der Waals surface area contributed by atoms with Crippen molar-refractivity contribution in [2.75, 3.05) is 0 Å². The largest absolute Gasteiger partial charge is 0.192 e. The van der Waals surface area contributed by atoms with Gasteiger partial charge in [0.25, 0.3) is 0 Å². The van der Waals surface area contributed by atoms with Gasteiger partial charge in [-0.1, -0.05) is 30.7 Å². The molecule has 10 heavy (non-hydrogen) atoms. The van der Waals surface area contributed by atoms with Gasteiger partial charge in [-0.15, -0.1) is 0 Å². The van der Waals surface area contributed by atoms with E-state index >= 15 is 0 Å². The van der Waals surface area contributed by atoms with Crippen LogP contribution in [0, 0.1) is 17.2 Å². The van der Waals surface area contributed by atoms with Gasteiger partial charge in [-0.3, -0.25) is 0 Å². The Hall–Kier alpha value is -0.740. The second-order valence-corrected chi connectivity index (χ2v) is 2.86. The van der Waals surface area contributed by atoms with Crippen molar-refractivity contribution in [3.63, 3.8) is 0 Å². The molecule has 0 aromatic carbocycles. The van der Waals surface area contributed by atoms with E-state index in [1.165, 1.54) is 0 Å². The SMILES string of the molecule is CC1C=C(Cl)C(C#N)=CC1. The van der Waals surface area contributed by atoms with E-state index in [9.17, 15) is 0 Å². The highest BCUT2D eigenvalue weighted by atomic mass is 35.5. The molecule has 52 valence electrons. The van der Waals surface area contributed by atoms with Crippen LogP contribution in [-0.2, 0) is 0 Å². The van der Waals surface area contributed by atoms with Crippen LogP contribution in [0.2, 0.25) is 0 Å². The summed E-state index contributed by atoms with van der Waals surface area (Å²) in [5.74, 6) is 0.476. The third-order valence-electron chi connectivity index (χ3n) is 1.50. The third kappa shape index (κ3) is 1.40. The Balaban J connectivity index is 2.84. The van der Waals surface area contributed by atoms with Crippen molar-refractivity contribution < 1.29 is 0 Å². The monoisotopic (exact) mass is 153 g/mol. The van der Waals surface area contributed by atoms with Crippen LogP contribution in [0.15, 0.2) is 22.8 Å². The van der Waals surface area contributed by atoms with Gasteiger partial charge in [0.05, 0.1) is 10.6 Å². The number of hydrogen-bond acceptors (Lipinski definition) is 1. The Morgan fingerprint density at radius 3 is 3.00 bits per heavy atom. The van der Waals surface area contributed by atoms with Gasteiger partial charge >= 0.3 is 0 Å². The molecule has 0 N–H and O–H groups in total. The maximum absolute atomic E-state index is 8.50. The van der Waals surface area contributed by atoms with E-state index in [0.717, 1.165) is 6.42 Å². The maximum Gasteiger partial charge on any atom is 0.100 e. The zero-order valence-corrected chi connectivity index (χ0v) is 6.52. The molecule has 0 aliphatic heterocycles. The van der Waals surface area contributed by atoms with Gasteiger partial charge in [0.2, 0.25) is 0 Å². The molecule has 0 radical (unpaired) electrons.